The van der Waals surface area contributed by atoms with Crippen molar-refractivity contribution in [2.45, 2.75) is 19.3 Å². The van der Waals surface area contributed by atoms with Crippen molar-refractivity contribution < 1.29 is 14.1 Å². The molecule has 11 heteroatoms. The first-order valence-corrected chi connectivity index (χ1v) is 10.5. The van der Waals surface area contributed by atoms with Crippen LogP contribution >= 0.6 is 11.6 Å². The van der Waals surface area contributed by atoms with Gasteiger partial charge in [0.05, 0.1) is 12.2 Å². The summed E-state index contributed by atoms with van der Waals surface area (Å²) in [5.74, 6) is 0.363. The standard InChI is InChI=1S/C22H20ClN7O3/c23-16-6-4-15(5-7-16)22-28-21(33-29-22)3-1-2-19(31)25-12-20(32)27-17-8-10-18(11-9-17)30-14-24-13-26-30/h4-11,13-14H,1-3,12H2,(H,25,31)(H,27,32). The summed E-state index contributed by atoms with van der Waals surface area (Å²) >= 11 is 5.88. The molecule has 2 N–H and O–H groups in total. The van der Waals surface area contributed by atoms with Gasteiger partial charge in [0.2, 0.25) is 23.5 Å². The minimum atomic E-state index is -0.318. The Morgan fingerprint density at radius 2 is 1.82 bits per heavy atom. The third-order valence-corrected chi connectivity index (χ3v) is 4.90. The van der Waals surface area contributed by atoms with E-state index in [1.807, 2.05) is 0 Å². The summed E-state index contributed by atoms with van der Waals surface area (Å²) in [6.45, 7) is -0.120. The summed E-state index contributed by atoms with van der Waals surface area (Å²) in [7, 11) is 0. The number of hydrogen-bond acceptors (Lipinski definition) is 7. The Morgan fingerprint density at radius 3 is 2.55 bits per heavy atom. The van der Waals surface area contributed by atoms with Gasteiger partial charge in [-0.2, -0.15) is 10.1 Å². The lowest BCUT2D eigenvalue weighted by Gasteiger charge is -2.08. The molecule has 0 spiro atoms. The number of amides is 2. The highest BCUT2D eigenvalue weighted by Gasteiger charge is 2.11. The van der Waals surface area contributed by atoms with Gasteiger partial charge in [-0.25, -0.2) is 9.67 Å². The maximum atomic E-state index is 12.1. The lowest BCUT2D eigenvalue weighted by atomic mass is 10.2. The maximum absolute atomic E-state index is 12.1. The van der Waals surface area contributed by atoms with Gasteiger partial charge >= 0.3 is 0 Å². The Kier molecular flexibility index (Phi) is 7.06. The monoisotopic (exact) mass is 465 g/mol. The molecule has 4 aromatic rings. The highest BCUT2D eigenvalue weighted by Crippen LogP contribution is 2.19. The van der Waals surface area contributed by atoms with Crippen LogP contribution in [0.4, 0.5) is 5.69 Å². The van der Waals surface area contributed by atoms with Crippen LogP contribution in [-0.2, 0) is 16.0 Å². The van der Waals surface area contributed by atoms with E-state index in [-0.39, 0.29) is 24.8 Å². The van der Waals surface area contributed by atoms with Crippen LogP contribution in [0.5, 0.6) is 0 Å². The van der Waals surface area contributed by atoms with E-state index in [2.05, 4.69) is 30.9 Å². The first-order valence-electron chi connectivity index (χ1n) is 10.2. The van der Waals surface area contributed by atoms with Gasteiger partial charge in [0.1, 0.15) is 12.7 Å². The van der Waals surface area contributed by atoms with Crippen LogP contribution in [0.15, 0.2) is 65.7 Å². The number of benzene rings is 2. The molecule has 0 unspecified atom stereocenters. The van der Waals surface area contributed by atoms with E-state index in [0.29, 0.717) is 35.3 Å². The zero-order valence-corrected chi connectivity index (χ0v) is 18.2. The fraction of sp³-hybridized carbons (Fsp3) is 0.182. The average Bonchev–Trinajstić information content (AvgIpc) is 3.52. The van der Waals surface area contributed by atoms with Gasteiger partial charge in [-0.05, 0) is 55.0 Å². The molecule has 2 heterocycles. The summed E-state index contributed by atoms with van der Waals surface area (Å²) in [4.78, 5) is 32.3. The van der Waals surface area contributed by atoms with Crippen molar-refractivity contribution in [2.75, 3.05) is 11.9 Å². The summed E-state index contributed by atoms with van der Waals surface area (Å²) in [6, 6.07) is 14.2. The topological polar surface area (TPSA) is 128 Å². The van der Waals surface area contributed by atoms with Crippen LogP contribution in [0, 0.1) is 0 Å². The van der Waals surface area contributed by atoms with Crippen molar-refractivity contribution in [3.8, 4) is 17.1 Å². The third-order valence-electron chi connectivity index (χ3n) is 4.65. The number of nitrogens with one attached hydrogen (secondary N) is 2. The molecule has 168 valence electrons. The van der Waals surface area contributed by atoms with Gasteiger partial charge in [0.25, 0.3) is 0 Å². The zero-order chi connectivity index (χ0) is 23.0. The van der Waals surface area contributed by atoms with Gasteiger partial charge in [-0.1, -0.05) is 16.8 Å². The Hall–Kier alpha value is -4.05. The predicted octanol–water partition coefficient (Wildman–Crippen LogP) is 3.05. The van der Waals surface area contributed by atoms with Crippen molar-refractivity contribution >= 4 is 29.1 Å². The molecule has 0 fully saturated rings. The van der Waals surface area contributed by atoms with E-state index < -0.39 is 0 Å². The number of carbonyl (C=O) groups excluding carboxylic acids is 2. The number of aromatic nitrogens is 5. The molecule has 0 bridgehead atoms. The second-order valence-corrected chi connectivity index (χ2v) is 7.52. The average molecular weight is 466 g/mol. The van der Waals surface area contributed by atoms with Crippen LogP contribution < -0.4 is 10.6 Å². The minimum Gasteiger partial charge on any atom is -0.347 e. The van der Waals surface area contributed by atoms with E-state index in [4.69, 9.17) is 16.1 Å². The number of aryl methyl sites for hydroxylation is 1. The SMILES string of the molecule is O=C(CCCc1nc(-c2ccc(Cl)cc2)no1)NCC(=O)Nc1ccc(-n2cncn2)cc1. The maximum Gasteiger partial charge on any atom is 0.243 e. The molecule has 33 heavy (non-hydrogen) atoms. The van der Waals surface area contributed by atoms with Gasteiger partial charge < -0.3 is 15.2 Å². The molecule has 0 aliphatic carbocycles. The molecular formula is C22H20ClN7O3. The Labute approximate surface area is 194 Å². The number of rotatable bonds is 9. The lowest BCUT2D eigenvalue weighted by molar-refractivity contribution is -0.124. The molecule has 0 saturated heterocycles. The molecule has 2 amide bonds. The second-order valence-electron chi connectivity index (χ2n) is 7.08. The lowest BCUT2D eigenvalue weighted by Crippen LogP contribution is -2.32. The smallest absolute Gasteiger partial charge is 0.243 e. The van der Waals surface area contributed by atoms with Gasteiger partial charge in [0, 0.05) is 29.1 Å². The van der Waals surface area contributed by atoms with Crippen LogP contribution in [-0.4, -0.2) is 43.3 Å². The van der Waals surface area contributed by atoms with Gasteiger partial charge in [0.15, 0.2) is 0 Å². The number of carbonyl (C=O) groups is 2. The Bertz CT molecular complexity index is 1210. The Balaban J connectivity index is 1.16. The summed E-state index contributed by atoms with van der Waals surface area (Å²) in [6.07, 6.45) is 4.23. The van der Waals surface area contributed by atoms with Crippen molar-refractivity contribution in [1.29, 1.82) is 0 Å². The second kappa shape index (κ2) is 10.5. The number of halogens is 1. The molecule has 0 atom stereocenters. The van der Waals surface area contributed by atoms with E-state index in [1.165, 1.54) is 6.33 Å². The van der Waals surface area contributed by atoms with E-state index in [0.717, 1.165) is 11.3 Å². The minimum absolute atomic E-state index is 0.120. The van der Waals surface area contributed by atoms with Crippen LogP contribution in [0.25, 0.3) is 17.1 Å². The molecule has 0 aliphatic rings. The fourth-order valence-electron chi connectivity index (χ4n) is 2.98. The quantitative estimate of drug-likeness (QED) is 0.388. The zero-order valence-electron chi connectivity index (χ0n) is 17.4. The first-order chi connectivity index (χ1) is 16.1. The normalized spacial score (nSPS) is 10.7. The largest absolute Gasteiger partial charge is 0.347 e. The van der Waals surface area contributed by atoms with Crippen molar-refractivity contribution in [3.63, 3.8) is 0 Å². The predicted molar refractivity (Wildman–Crippen MR) is 121 cm³/mol. The summed E-state index contributed by atoms with van der Waals surface area (Å²) < 4.78 is 6.84. The van der Waals surface area contributed by atoms with Gasteiger partial charge in [-0.3, -0.25) is 9.59 Å². The van der Waals surface area contributed by atoms with Crippen molar-refractivity contribution in [1.82, 2.24) is 30.2 Å². The number of hydrogen-bond donors (Lipinski definition) is 2. The summed E-state index contributed by atoms with van der Waals surface area (Å²) in [5.41, 5.74) is 2.23. The molecule has 2 aromatic carbocycles. The molecule has 0 aliphatic heterocycles. The fourth-order valence-corrected chi connectivity index (χ4v) is 3.11. The molecule has 0 radical (unpaired) electrons. The van der Waals surface area contributed by atoms with E-state index in [9.17, 15) is 9.59 Å². The highest BCUT2D eigenvalue weighted by molar-refractivity contribution is 6.30. The summed E-state index contributed by atoms with van der Waals surface area (Å²) in [5, 5.41) is 14.0. The van der Waals surface area contributed by atoms with Crippen LogP contribution in [0.1, 0.15) is 18.7 Å². The van der Waals surface area contributed by atoms with Gasteiger partial charge in [-0.15, -0.1) is 0 Å². The number of anilines is 1. The van der Waals surface area contributed by atoms with Crippen molar-refractivity contribution in [2.24, 2.45) is 0 Å². The Morgan fingerprint density at radius 1 is 1.03 bits per heavy atom. The van der Waals surface area contributed by atoms with Crippen LogP contribution in [0.2, 0.25) is 5.02 Å². The van der Waals surface area contributed by atoms with Crippen LogP contribution in [0.3, 0.4) is 0 Å². The number of nitrogens with zero attached hydrogens (tertiary/aromatic N) is 5. The first kappa shape index (κ1) is 22.2. The molecular weight excluding hydrogens is 446 g/mol. The third kappa shape index (κ3) is 6.23. The highest BCUT2D eigenvalue weighted by atomic mass is 35.5. The molecule has 4 rings (SSSR count). The van der Waals surface area contributed by atoms with E-state index in [1.54, 1.807) is 59.5 Å². The molecule has 10 nitrogen and oxygen atoms in total. The molecule has 2 aromatic heterocycles. The molecule has 0 saturated carbocycles. The van der Waals surface area contributed by atoms with Crippen molar-refractivity contribution in [3.05, 3.63) is 72.1 Å². The van der Waals surface area contributed by atoms with E-state index >= 15 is 0 Å².